The molecular formula is C13H20ClN5O. The third-order valence-electron chi connectivity index (χ3n) is 2.95. The number of nitrogens with one attached hydrogen (secondary N) is 1. The summed E-state index contributed by atoms with van der Waals surface area (Å²) in [5, 5.41) is 8.34. The van der Waals surface area contributed by atoms with Gasteiger partial charge in [-0.3, -0.25) is 4.90 Å². The van der Waals surface area contributed by atoms with E-state index in [0.29, 0.717) is 30.0 Å². The zero-order chi connectivity index (χ0) is 14.5. The Morgan fingerprint density at radius 2 is 2.10 bits per heavy atom. The molecule has 1 N–H and O–H groups in total. The van der Waals surface area contributed by atoms with Crippen molar-refractivity contribution in [1.82, 2.24) is 25.1 Å². The van der Waals surface area contributed by atoms with E-state index < -0.39 is 0 Å². The molecule has 0 aliphatic heterocycles. The highest BCUT2D eigenvalue weighted by Gasteiger charge is 2.12. The van der Waals surface area contributed by atoms with Crippen LogP contribution in [0, 0.1) is 6.92 Å². The molecule has 7 heteroatoms. The number of hydrogen-bond acceptors (Lipinski definition) is 5. The Kier molecular flexibility index (Phi) is 5.14. The van der Waals surface area contributed by atoms with E-state index in [0.717, 1.165) is 30.8 Å². The van der Waals surface area contributed by atoms with Crippen molar-refractivity contribution in [2.24, 2.45) is 0 Å². The number of aryl methyl sites for hydroxylation is 2. The Morgan fingerprint density at radius 1 is 1.30 bits per heavy atom. The van der Waals surface area contributed by atoms with Crippen LogP contribution in [-0.4, -0.2) is 32.1 Å². The van der Waals surface area contributed by atoms with Gasteiger partial charge >= 0.3 is 0 Å². The van der Waals surface area contributed by atoms with Crippen LogP contribution in [0.25, 0.3) is 0 Å². The Bertz CT molecular complexity index is 551. The Labute approximate surface area is 123 Å². The fourth-order valence-electron chi connectivity index (χ4n) is 1.97. The van der Waals surface area contributed by atoms with Crippen molar-refractivity contribution in [2.45, 2.75) is 46.2 Å². The molecule has 0 amide bonds. The van der Waals surface area contributed by atoms with E-state index in [1.165, 1.54) is 0 Å². The number of nitrogens with zero attached hydrogens (tertiary/aromatic N) is 4. The summed E-state index contributed by atoms with van der Waals surface area (Å²) in [7, 11) is 1.97. The largest absolute Gasteiger partial charge is 0.424 e. The number of hydrogen-bond donors (Lipinski definition) is 1. The van der Waals surface area contributed by atoms with Crippen LogP contribution in [0.1, 0.15) is 43.1 Å². The van der Waals surface area contributed by atoms with E-state index in [1.807, 2.05) is 7.05 Å². The van der Waals surface area contributed by atoms with E-state index in [1.54, 1.807) is 6.92 Å². The summed E-state index contributed by atoms with van der Waals surface area (Å²) >= 11 is 6.15. The van der Waals surface area contributed by atoms with Gasteiger partial charge in [-0.1, -0.05) is 24.9 Å². The standard InChI is InChI=1S/C13H20ClN5O/c1-4-5-6-11-15-10(13(14)16-11)7-19(3)8-12-18-17-9(2)20-12/h4-8H2,1-3H3,(H,15,16). The van der Waals surface area contributed by atoms with Gasteiger partial charge < -0.3 is 9.40 Å². The van der Waals surface area contributed by atoms with Gasteiger partial charge in [-0.25, -0.2) is 4.98 Å². The van der Waals surface area contributed by atoms with Gasteiger partial charge in [0.15, 0.2) is 5.15 Å². The van der Waals surface area contributed by atoms with Gasteiger partial charge in [0.1, 0.15) is 5.82 Å². The third-order valence-corrected chi connectivity index (χ3v) is 3.26. The van der Waals surface area contributed by atoms with Gasteiger partial charge in [-0.05, 0) is 13.5 Å². The smallest absolute Gasteiger partial charge is 0.230 e. The summed E-state index contributed by atoms with van der Waals surface area (Å²) in [5.41, 5.74) is 0.927. The van der Waals surface area contributed by atoms with Crippen LogP contribution >= 0.6 is 11.6 Å². The van der Waals surface area contributed by atoms with Gasteiger partial charge in [0, 0.05) is 19.9 Å². The molecule has 0 saturated heterocycles. The second kappa shape index (κ2) is 6.85. The number of imidazole rings is 1. The number of unbranched alkanes of at least 4 members (excludes halogenated alkanes) is 1. The Morgan fingerprint density at radius 3 is 2.75 bits per heavy atom. The molecule has 0 fully saturated rings. The lowest BCUT2D eigenvalue weighted by atomic mass is 10.2. The predicted octanol–water partition coefficient (Wildman–Crippen LogP) is 2.73. The maximum Gasteiger partial charge on any atom is 0.230 e. The molecule has 2 aromatic rings. The Balaban J connectivity index is 1.93. The first-order valence-electron chi connectivity index (χ1n) is 6.79. The highest BCUT2D eigenvalue weighted by Crippen LogP contribution is 2.16. The third kappa shape index (κ3) is 4.05. The molecule has 0 aliphatic rings. The van der Waals surface area contributed by atoms with Crippen molar-refractivity contribution in [3.8, 4) is 0 Å². The SMILES string of the molecule is CCCCc1nc(Cl)c(CN(C)Cc2nnc(C)o2)[nH]1. The van der Waals surface area contributed by atoms with E-state index in [2.05, 4.69) is 32.0 Å². The molecule has 0 saturated carbocycles. The molecule has 2 aromatic heterocycles. The lowest BCUT2D eigenvalue weighted by Crippen LogP contribution is -2.18. The molecule has 6 nitrogen and oxygen atoms in total. The molecule has 0 radical (unpaired) electrons. The fourth-order valence-corrected chi connectivity index (χ4v) is 2.17. The van der Waals surface area contributed by atoms with Crippen molar-refractivity contribution in [2.75, 3.05) is 7.05 Å². The fraction of sp³-hybridized carbons (Fsp3) is 0.615. The maximum absolute atomic E-state index is 6.15. The molecule has 0 atom stereocenters. The maximum atomic E-state index is 6.15. The predicted molar refractivity (Wildman–Crippen MR) is 76.4 cm³/mol. The van der Waals surface area contributed by atoms with E-state index >= 15 is 0 Å². The number of halogens is 1. The first-order valence-corrected chi connectivity index (χ1v) is 7.17. The lowest BCUT2D eigenvalue weighted by Gasteiger charge is -2.12. The van der Waals surface area contributed by atoms with E-state index in [-0.39, 0.29) is 0 Å². The topological polar surface area (TPSA) is 70.8 Å². The van der Waals surface area contributed by atoms with Crippen molar-refractivity contribution < 1.29 is 4.42 Å². The molecule has 2 heterocycles. The highest BCUT2D eigenvalue weighted by molar-refractivity contribution is 6.30. The van der Waals surface area contributed by atoms with Crippen molar-refractivity contribution >= 4 is 11.6 Å². The van der Waals surface area contributed by atoms with E-state index in [9.17, 15) is 0 Å². The summed E-state index contributed by atoms with van der Waals surface area (Å²) in [6, 6.07) is 0. The summed E-state index contributed by atoms with van der Waals surface area (Å²) in [5.74, 6) is 2.13. The molecule has 0 unspecified atom stereocenters. The molecule has 0 aliphatic carbocycles. The summed E-state index contributed by atoms with van der Waals surface area (Å²) < 4.78 is 5.36. The zero-order valence-corrected chi connectivity index (χ0v) is 12.9. The van der Waals surface area contributed by atoms with Gasteiger partial charge in [0.2, 0.25) is 11.8 Å². The lowest BCUT2D eigenvalue weighted by molar-refractivity contribution is 0.276. The minimum atomic E-state index is 0.546. The molecule has 110 valence electrons. The number of H-pyrrole nitrogens is 1. The van der Waals surface area contributed by atoms with Gasteiger partial charge in [0.05, 0.1) is 12.2 Å². The molecule has 0 aromatic carbocycles. The highest BCUT2D eigenvalue weighted by atomic mass is 35.5. The molecule has 2 rings (SSSR count). The average Bonchev–Trinajstić information content (AvgIpc) is 2.94. The van der Waals surface area contributed by atoms with Crippen LogP contribution in [0.15, 0.2) is 4.42 Å². The molecule has 0 bridgehead atoms. The summed E-state index contributed by atoms with van der Waals surface area (Å²) in [6.07, 6.45) is 3.19. The first kappa shape index (κ1) is 15.0. The second-order valence-corrected chi connectivity index (χ2v) is 5.30. The zero-order valence-electron chi connectivity index (χ0n) is 12.1. The summed E-state index contributed by atoms with van der Waals surface area (Å²) in [6.45, 7) is 5.19. The van der Waals surface area contributed by atoms with Crippen LogP contribution in [0.4, 0.5) is 0 Å². The van der Waals surface area contributed by atoms with Crippen molar-refractivity contribution in [3.63, 3.8) is 0 Å². The average molecular weight is 298 g/mol. The minimum Gasteiger partial charge on any atom is -0.424 e. The van der Waals surface area contributed by atoms with Crippen LogP contribution in [0.2, 0.25) is 5.15 Å². The monoisotopic (exact) mass is 297 g/mol. The van der Waals surface area contributed by atoms with Crippen LogP contribution in [0.3, 0.4) is 0 Å². The molecule has 20 heavy (non-hydrogen) atoms. The van der Waals surface area contributed by atoms with Crippen molar-refractivity contribution in [3.05, 3.63) is 28.5 Å². The van der Waals surface area contributed by atoms with Gasteiger partial charge in [0.25, 0.3) is 0 Å². The normalized spacial score (nSPS) is 11.4. The first-order chi connectivity index (χ1) is 9.58. The van der Waals surface area contributed by atoms with E-state index in [4.69, 9.17) is 16.0 Å². The molecular weight excluding hydrogens is 278 g/mol. The quantitative estimate of drug-likeness (QED) is 0.851. The summed E-state index contributed by atoms with van der Waals surface area (Å²) in [4.78, 5) is 9.68. The number of aromatic amines is 1. The van der Waals surface area contributed by atoms with Crippen LogP contribution in [-0.2, 0) is 19.5 Å². The minimum absolute atomic E-state index is 0.546. The van der Waals surface area contributed by atoms with Gasteiger partial charge in [-0.15, -0.1) is 10.2 Å². The van der Waals surface area contributed by atoms with Crippen molar-refractivity contribution in [1.29, 1.82) is 0 Å². The number of rotatable bonds is 7. The van der Waals surface area contributed by atoms with Crippen LogP contribution < -0.4 is 0 Å². The Hall–Kier alpha value is -1.40. The molecule has 0 spiro atoms. The number of aromatic nitrogens is 4. The van der Waals surface area contributed by atoms with Gasteiger partial charge in [-0.2, -0.15) is 0 Å². The van der Waals surface area contributed by atoms with Crippen LogP contribution in [0.5, 0.6) is 0 Å². The second-order valence-electron chi connectivity index (χ2n) is 4.94.